The van der Waals surface area contributed by atoms with Crippen molar-refractivity contribution in [3.63, 3.8) is 0 Å². The van der Waals surface area contributed by atoms with Gasteiger partial charge in [0, 0.05) is 11.6 Å². The lowest BCUT2D eigenvalue weighted by molar-refractivity contribution is 0.415. The van der Waals surface area contributed by atoms with E-state index in [4.69, 9.17) is 16.2 Å². The molecule has 0 radical (unpaired) electrons. The van der Waals surface area contributed by atoms with Crippen molar-refractivity contribution in [2.75, 3.05) is 18.6 Å². The zero-order valence-corrected chi connectivity index (χ0v) is 8.84. The van der Waals surface area contributed by atoms with Crippen molar-refractivity contribution in [3.8, 4) is 17.1 Å². The Bertz CT molecular complexity index is 493. The van der Waals surface area contributed by atoms with Crippen molar-refractivity contribution in [2.45, 2.75) is 0 Å². The van der Waals surface area contributed by atoms with E-state index in [1.807, 2.05) is 24.3 Å². The van der Waals surface area contributed by atoms with E-state index < -0.39 is 0 Å². The Balaban J connectivity index is 2.49. The Morgan fingerprint density at radius 3 is 2.38 bits per heavy atom. The fraction of sp³-hybridized carbons (Fsp3) is 0.0909. The van der Waals surface area contributed by atoms with Gasteiger partial charge in [-0.1, -0.05) is 12.1 Å². The molecular weight excluding hydrogens is 204 g/mol. The van der Waals surface area contributed by atoms with Gasteiger partial charge in [-0.15, -0.1) is 0 Å². The quantitative estimate of drug-likeness (QED) is 0.790. The van der Waals surface area contributed by atoms with E-state index in [0.717, 1.165) is 11.3 Å². The molecule has 0 amide bonds. The summed E-state index contributed by atoms with van der Waals surface area (Å²) < 4.78 is 5.12. The molecule has 82 valence electrons. The Labute approximate surface area is 93.1 Å². The molecule has 0 saturated carbocycles. The number of benzene rings is 1. The number of nitrogen functional groups attached to an aromatic ring is 2. The summed E-state index contributed by atoms with van der Waals surface area (Å²) in [6, 6.07) is 8.92. The van der Waals surface area contributed by atoms with Gasteiger partial charge in [-0.2, -0.15) is 0 Å². The molecule has 0 aliphatic rings. The standard InChI is InChI=1S/C11H12N4O/c1-16-8-4-2-3-7(5-8)11-14-9(12)6-10(13)15-11/h2-6H,1H3,(H4,12,13,14,15). The average molecular weight is 216 g/mol. The summed E-state index contributed by atoms with van der Waals surface area (Å²) in [5, 5.41) is 0. The van der Waals surface area contributed by atoms with Crippen LogP contribution in [0.2, 0.25) is 0 Å². The summed E-state index contributed by atoms with van der Waals surface area (Å²) in [6.07, 6.45) is 0. The predicted molar refractivity (Wildman–Crippen MR) is 62.8 cm³/mol. The van der Waals surface area contributed by atoms with Gasteiger partial charge < -0.3 is 16.2 Å². The molecule has 5 heteroatoms. The van der Waals surface area contributed by atoms with Crippen molar-refractivity contribution in [1.82, 2.24) is 9.97 Å². The molecular formula is C11H12N4O. The first-order valence-corrected chi connectivity index (χ1v) is 4.73. The first-order valence-electron chi connectivity index (χ1n) is 4.73. The molecule has 0 fully saturated rings. The second kappa shape index (κ2) is 4.06. The van der Waals surface area contributed by atoms with Gasteiger partial charge in [0.1, 0.15) is 17.4 Å². The zero-order chi connectivity index (χ0) is 11.5. The van der Waals surface area contributed by atoms with Crippen LogP contribution in [0.25, 0.3) is 11.4 Å². The number of aromatic nitrogens is 2. The molecule has 2 rings (SSSR count). The number of hydrogen-bond donors (Lipinski definition) is 2. The van der Waals surface area contributed by atoms with E-state index in [0.29, 0.717) is 17.5 Å². The molecule has 0 aliphatic heterocycles. The van der Waals surface area contributed by atoms with Crippen LogP contribution < -0.4 is 16.2 Å². The summed E-state index contributed by atoms with van der Waals surface area (Å²) in [5.41, 5.74) is 12.0. The van der Waals surface area contributed by atoms with Gasteiger partial charge in [0.05, 0.1) is 7.11 Å². The first kappa shape index (κ1) is 10.2. The van der Waals surface area contributed by atoms with Crippen LogP contribution in [0.1, 0.15) is 0 Å². The number of rotatable bonds is 2. The zero-order valence-electron chi connectivity index (χ0n) is 8.84. The average Bonchev–Trinajstić information content (AvgIpc) is 2.28. The van der Waals surface area contributed by atoms with Gasteiger partial charge in [-0.25, -0.2) is 9.97 Å². The maximum absolute atomic E-state index is 5.60. The highest BCUT2D eigenvalue weighted by atomic mass is 16.5. The highest BCUT2D eigenvalue weighted by Crippen LogP contribution is 2.22. The number of nitrogens with zero attached hydrogens (tertiary/aromatic N) is 2. The number of methoxy groups -OCH3 is 1. The highest BCUT2D eigenvalue weighted by Gasteiger charge is 2.04. The van der Waals surface area contributed by atoms with Gasteiger partial charge in [-0.05, 0) is 12.1 Å². The fourth-order valence-electron chi connectivity index (χ4n) is 1.38. The minimum absolute atomic E-state index is 0.352. The van der Waals surface area contributed by atoms with Gasteiger partial charge in [-0.3, -0.25) is 0 Å². The van der Waals surface area contributed by atoms with E-state index in [1.54, 1.807) is 7.11 Å². The molecule has 2 aromatic rings. The molecule has 0 aliphatic carbocycles. The number of anilines is 2. The number of nitrogens with two attached hydrogens (primary N) is 2. The van der Waals surface area contributed by atoms with Crippen molar-refractivity contribution >= 4 is 11.6 Å². The van der Waals surface area contributed by atoms with Crippen LogP contribution >= 0.6 is 0 Å². The third kappa shape index (κ3) is 2.03. The van der Waals surface area contributed by atoms with Crippen LogP contribution in [0.3, 0.4) is 0 Å². The monoisotopic (exact) mass is 216 g/mol. The van der Waals surface area contributed by atoms with Crippen molar-refractivity contribution in [1.29, 1.82) is 0 Å². The lowest BCUT2D eigenvalue weighted by Gasteiger charge is -2.04. The molecule has 1 aromatic carbocycles. The van der Waals surface area contributed by atoms with Crippen molar-refractivity contribution in [2.24, 2.45) is 0 Å². The summed E-state index contributed by atoms with van der Waals surface area (Å²) in [5.74, 6) is 1.94. The molecule has 1 heterocycles. The van der Waals surface area contributed by atoms with Crippen LogP contribution in [0, 0.1) is 0 Å². The number of hydrogen-bond acceptors (Lipinski definition) is 5. The molecule has 4 N–H and O–H groups in total. The van der Waals surface area contributed by atoms with E-state index in [9.17, 15) is 0 Å². The lowest BCUT2D eigenvalue weighted by Crippen LogP contribution is -2.00. The van der Waals surface area contributed by atoms with Gasteiger partial charge in [0.25, 0.3) is 0 Å². The normalized spacial score (nSPS) is 10.1. The van der Waals surface area contributed by atoms with Crippen molar-refractivity contribution < 1.29 is 4.74 Å². The first-order chi connectivity index (χ1) is 7.69. The highest BCUT2D eigenvalue weighted by molar-refractivity contribution is 5.61. The molecule has 0 atom stereocenters. The molecule has 0 bridgehead atoms. The predicted octanol–water partition coefficient (Wildman–Crippen LogP) is 1.32. The minimum atomic E-state index is 0.352. The maximum Gasteiger partial charge on any atom is 0.163 e. The summed E-state index contributed by atoms with van der Waals surface area (Å²) in [6.45, 7) is 0. The third-order valence-corrected chi connectivity index (χ3v) is 2.09. The number of ether oxygens (including phenoxy) is 1. The topological polar surface area (TPSA) is 87.0 Å². The summed E-state index contributed by atoms with van der Waals surface area (Å²) in [7, 11) is 1.60. The largest absolute Gasteiger partial charge is 0.497 e. The van der Waals surface area contributed by atoms with E-state index in [-0.39, 0.29) is 0 Å². The fourth-order valence-corrected chi connectivity index (χ4v) is 1.38. The van der Waals surface area contributed by atoms with Gasteiger partial charge >= 0.3 is 0 Å². The molecule has 0 unspecified atom stereocenters. The Kier molecular flexibility index (Phi) is 2.59. The summed E-state index contributed by atoms with van der Waals surface area (Å²) in [4.78, 5) is 8.22. The Morgan fingerprint density at radius 1 is 1.06 bits per heavy atom. The van der Waals surface area contributed by atoms with E-state index in [2.05, 4.69) is 9.97 Å². The molecule has 0 spiro atoms. The molecule has 16 heavy (non-hydrogen) atoms. The third-order valence-electron chi connectivity index (χ3n) is 2.09. The van der Waals surface area contributed by atoms with Crippen LogP contribution in [0.15, 0.2) is 30.3 Å². The Morgan fingerprint density at radius 2 is 1.75 bits per heavy atom. The van der Waals surface area contributed by atoms with Gasteiger partial charge in [0.2, 0.25) is 0 Å². The van der Waals surface area contributed by atoms with E-state index >= 15 is 0 Å². The second-order valence-electron chi connectivity index (χ2n) is 3.27. The lowest BCUT2D eigenvalue weighted by atomic mass is 10.2. The summed E-state index contributed by atoms with van der Waals surface area (Å²) >= 11 is 0. The van der Waals surface area contributed by atoms with Crippen LogP contribution in [0.4, 0.5) is 11.6 Å². The smallest absolute Gasteiger partial charge is 0.163 e. The van der Waals surface area contributed by atoms with Gasteiger partial charge in [0.15, 0.2) is 5.82 Å². The van der Waals surface area contributed by atoms with Crippen LogP contribution in [-0.2, 0) is 0 Å². The molecule has 0 saturated heterocycles. The van der Waals surface area contributed by atoms with Crippen LogP contribution in [-0.4, -0.2) is 17.1 Å². The Hall–Kier alpha value is -2.30. The minimum Gasteiger partial charge on any atom is -0.497 e. The van der Waals surface area contributed by atoms with Crippen LogP contribution in [0.5, 0.6) is 5.75 Å². The SMILES string of the molecule is COc1cccc(-c2nc(N)cc(N)n2)c1. The maximum atomic E-state index is 5.60. The molecule has 1 aromatic heterocycles. The van der Waals surface area contributed by atoms with Crippen molar-refractivity contribution in [3.05, 3.63) is 30.3 Å². The second-order valence-corrected chi connectivity index (χ2v) is 3.27. The van der Waals surface area contributed by atoms with E-state index in [1.165, 1.54) is 6.07 Å². The molecule has 5 nitrogen and oxygen atoms in total.